The second-order valence-corrected chi connectivity index (χ2v) is 6.19. The number of rotatable bonds is 5. The quantitative estimate of drug-likeness (QED) is 0.771. The third-order valence-corrected chi connectivity index (χ3v) is 4.82. The minimum atomic E-state index is -0.271. The molecule has 0 amide bonds. The Balaban J connectivity index is 1.88. The molecule has 0 radical (unpaired) electrons. The number of nitrogens with zero attached hydrogens (tertiary/aromatic N) is 1. The average molecular weight is 289 g/mol. The molecule has 0 unspecified atom stereocenters. The maximum Gasteiger partial charge on any atom is 0.337 e. The van der Waals surface area contributed by atoms with Gasteiger partial charge in [0.15, 0.2) is 0 Å². The van der Waals surface area contributed by atoms with E-state index in [2.05, 4.69) is 18.9 Å². The number of hydrogen-bond acceptors (Lipinski definition) is 3. The first kappa shape index (κ1) is 16.0. The molecule has 116 valence electrons. The van der Waals surface area contributed by atoms with Gasteiger partial charge in [0.2, 0.25) is 0 Å². The van der Waals surface area contributed by atoms with E-state index in [1.807, 2.05) is 24.3 Å². The van der Waals surface area contributed by atoms with Crippen LogP contribution in [0.1, 0.15) is 54.9 Å². The first-order chi connectivity index (χ1) is 10.1. The molecule has 0 spiro atoms. The Hall–Kier alpha value is -1.35. The number of carbonyl (C=O) groups excluding carboxylic acids is 1. The monoisotopic (exact) mass is 289 g/mol. The first-order valence-corrected chi connectivity index (χ1v) is 8.01. The maximum atomic E-state index is 11.4. The second kappa shape index (κ2) is 7.60. The summed E-state index contributed by atoms with van der Waals surface area (Å²) in [7, 11) is 3.63. The third-order valence-electron chi connectivity index (χ3n) is 4.82. The molecule has 0 saturated heterocycles. The number of hydrogen-bond donors (Lipinski definition) is 0. The molecule has 1 aromatic carbocycles. The van der Waals surface area contributed by atoms with E-state index in [0.717, 1.165) is 12.5 Å². The van der Waals surface area contributed by atoms with Crippen LogP contribution in [0.5, 0.6) is 0 Å². The van der Waals surface area contributed by atoms with Crippen molar-refractivity contribution in [1.82, 2.24) is 4.90 Å². The highest BCUT2D eigenvalue weighted by atomic mass is 16.5. The van der Waals surface area contributed by atoms with E-state index in [0.29, 0.717) is 11.6 Å². The second-order valence-electron chi connectivity index (χ2n) is 6.19. The van der Waals surface area contributed by atoms with Gasteiger partial charge in [-0.25, -0.2) is 4.79 Å². The predicted molar refractivity (Wildman–Crippen MR) is 85.3 cm³/mol. The molecule has 0 atom stereocenters. The van der Waals surface area contributed by atoms with E-state index < -0.39 is 0 Å². The molecule has 0 aliphatic heterocycles. The lowest BCUT2D eigenvalue weighted by Gasteiger charge is -2.34. The van der Waals surface area contributed by atoms with E-state index in [1.165, 1.54) is 44.8 Å². The van der Waals surface area contributed by atoms with Crippen molar-refractivity contribution in [3.63, 3.8) is 0 Å². The Labute approximate surface area is 128 Å². The zero-order chi connectivity index (χ0) is 15.2. The van der Waals surface area contributed by atoms with Gasteiger partial charge in [0.05, 0.1) is 12.7 Å². The van der Waals surface area contributed by atoms with Crippen molar-refractivity contribution in [1.29, 1.82) is 0 Å². The van der Waals surface area contributed by atoms with Crippen molar-refractivity contribution >= 4 is 5.97 Å². The Kier molecular flexibility index (Phi) is 5.80. The number of esters is 1. The largest absolute Gasteiger partial charge is 0.465 e. The molecule has 1 aromatic rings. The molecular formula is C18H27NO2. The highest BCUT2D eigenvalue weighted by Crippen LogP contribution is 2.29. The standard InChI is InChI=1S/C18H27NO2/c1-4-14-7-11-17(12-8-14)19(2)13-15-5-9-16(10-6-15)18(20)21-3/h5-6,9-10,14,17H,4,7-8,11-13H2,1-3H3. The van der Waals surface area contributed by atoms with Gasteiger partial charge in [0.25, 0.3) is 0 Å². The maximum absolute atomic E-state index is 11.4. The molecule has 1 saturated carbocycles. The van der Waals surface area contributed by atoms with Crippen LogP contribution < -0.4 is 0 Å². The molecule has 0 bridgehead atoms. The first-order valence-electron chi connectivity index (χ1n) is 8.01. The van der Waals surface area contributed by atoms with Crippen LogP contribution in [0.15, 0.2) is 24.3 Å². The Morgan fingerprint density at radius 3 is 2.33 bits per heavy atom. The van der Waals surface area contributed by atoms with Crippen LogP contribution in [0.4, 0.5) is 0 Å². The van der Waals surface area contributed by atoms with Crippen LogP contribution in [0.2, 0.25) is 0 Å². The van der Waals surface area contributed by atoms with Gasteiger partial charge < -0.3 is 4.74 Å². The molecule has 1 aliphatic carbocycles. The Morgan fingerprint density at radius 2 is 1.81 bits per heavy atom. The van der Waals surface area contributed by atoms with E-state index in [4.69, 9.17) is 4.74 Å². The van der Waals surface area contributed by atoms with Crippen molar-refractivity contribution in [3.8, 4) is 0 Å². The highest BCUT2D eigenvalue weighted by Gasteiger charge is 2.22. The van der Waals surface area contributed by atoms with Crippen molar-refractivity contribution < 1.29 is 9.53 Å². The van der Waals surface area contributed by atoms with Crippen LogP contribution in [-0.4, -0.2) is 31.1 Å². The van der Waals surface area contributed by atoms with Crippen molar-refractivity contribution in [2.24, 2.45) is 5.92 Å². The Bertz CT molecular complexity index is 447. The van der Waals surface area contributed by atoms with Gasteiger partial charge in [0.1, 0.15) is 0 Å². The fourth-order valence-electron chi connectivity index (χ4n) is 3.28. The van der Waals surface area contributed by atoms with Gasteiger partial charge >= 0.3 is 5.97 Å². The topological polar surface area (TPSA) is 29.5 Å². The summed E-state index contributed by atoms with van der Waals surface area (Å²) in [5.74, 6) is 0.668. The van der Waals surface area contributed by atoms with Crippen LogP contribution >= 0.6 is 0 Å². The molecule has 0 aromatic heterocycles. The van der Waals surface area contributed by atoms with Crippen molar-refractivity contribution in [2.45, 2.75) is 51.6 Å². The minimum Gasteiger partial charge on any atom is -0.465 e. The summed E-state index contributed by atoms with van der Waals surface area (Å²) in [6.07, 6.45) is 6.69. The molecule has 1 fully saturated rings. The van der Waals surface area contributed by atoms with Gasteiger partial charge in [-0.05, 0) is 56.3 Å². The van der Waals surface area contributed by atoms with Crippen LogP contribution in [0.3, 0.4) is 0 Å². The van der Waals surface area contributed by atoms with Gasteiger partial charge in [-0.3, -0.25) is 4.90 Å². The average Bonchev–Trinajstić information content (AvgIpc) is 2.55. The zero-order valence-electron chi connectivity index (χ0n) is 13.5. The molecule has 0 N–H and O–H groups in total. The smallest absolute Gasteiger partial charge is 0.337 e. The number of benzene rings is 1. The van der Waals surface area contributed by atoms with E-state index in [9.17, 15) is 4.79 Å². The summed E-state index contributed by atoms with van der Waals surface area (Å²) in [6.45, 7) is 3.25. The lowest BCUT2D eigenvalue weighted by atomic mass is 9.84. The molecule has 3 heteroatoms. The van der Waals surface area contributed by atoms with Crippen molar-refractivity contribution in [2.75, 3.05) is 14.2 Å². The summed E-state index contributed by atoms with van der Waals surface area (Å²) in [6, 6.07) is 8.46. The lowest BCUT2D eigenvalue weighted by Crippen LogP contribution is -2.34. The number of ether oxygens (including phenoxy) is 1. The molecule has 21 heavy (non-hydrogen) atoms. The number of methoxy groups -OCH3 is 1. The van der Waals surface area contributed by atoms with Crippen LogP contribution in [0, 0.1) is 5.92 Å². The number of carbonyl (C=O) groups is 1. The summed E-state index contributed by atoms with van der Waals surface area (Å²) in [5.41, 5.74) is 1.87. The van der Waals surface area contributed by atoms with Crippen molar-refractivity contribution in [3.05, 3.63) is 35.4 Å². The lowest BCUT2D eigenvalue weighted by molar-refractivity contribution is 0.0600. The van der Waals surface area contributed by atoms with Gasteiger partial charge in [-0.2, -0.15) is 0 Å². The van der Waals surface area contributed by atoms with Crippen LogP contribution in [0.25, 0.3) is 0 Å². The Morgan fingerprint density at radius 1 is 1.19 bits per heavy atom. The van der Waals surface area contributed by atoms with Crippen LogP contribution in [-0.2, 0) is 11.3 Å². The fraction of sp³-hybridized carbons (Fsp3) is 0.611. The third kappa shape index (κ3) is 4.31. The highest BCUT2D eigenvalue weighted by molar-refractivity contribution is 5.89. The van der Waals surface area contributed by atoms with E-state index >= 15 is 0 Å². The summed E-state index contributed by atoms with van der Waals surface area (Å²) in [5, 5.41) is 0. The zero-order valence-corrected chi connectivity index (χ0v) is 13.5. The van der Waals surface area contributed by atoms with E-state index in [1.54, 1.807) is 0 Å². The van der Waals surface area contributed by atoms with E-state index in [-0.39, 0.29) is 5.97 Å². The SMILES string of the molecule is CCC1CCC(N(C)Cc2ccc(C(=O)OC)cc2)CC1. The molecule has 0 heterocycles. The summed E-state index contributed by atoms with van der Waals surface area (Å²) < 4.78 is 4.72. The van der Waals surface area contributed by atoms with Gasteiger partial charge in [0, 0.05) is 12.6 Å². The molecular weight excluding hydrogens is 262 g/mol. The van der Waals surface area contributed by atoms with Gasteiger partial charge in [-0.15, -0.1) is 0 Å². The predicted octanol–water partition coefficient (Wildman–Crippen LogP) is 3.87. The molecule has 3 nitrogen and oxygen atoms in total. The normalized spacial score (nSPS) is 22.3. The summed E-state index contributed by atoms with van der Waals surface area (Å²) >= 11 is 0. The van der Waals surface area contributed by atoms with Gasteiger partial charge in [-0.1, -0.05) is 25.5 Å². The minimum absolute atomic E-state index is 0.271. The molecule has 2 rings (SSSR count). The fourth-order valence-corrected chi connectivity index (χ4v) is 3.28. The molecule has 1 aliphatic rings. The summed E-state index contributed by atoms with van der Waals surface area (Å²) in [4.78, 5) is 13.9.